The van der Waals surface area contributed by atoms with Crippen LogP contribution in [0, 0.1) is 10.1 Å². The second kappa shape index (κ2) is 8.77. The van der Waals surface area contributed by atoms with Gasteiger partial charge in [-0.05, 0) is 25.0 Å². The fourth-order valence-corrected chi connectivity index (χ4v) is 3.63. The number of nitro groups is 1. The minimum atomic E-state index is -0.852. The molecule has 0 saturated carbocycles. The van der Waals surface area contributed by atoms with Crippen molar-refractivity contribution in [2.45, 2.75) is 25.7 Å². The highest BCUT2D eigenvalue weighted by Gasteiger charge is 2.31. The molecule has 1 aliphatic heterocycles. The number of nitro benzene ring substituents is 1. The fourth-order valence-electron chi connectivity index (χ4n) is 2.33. The lowest BCUT2D eigenvalue weighted by Gasteiger charge is -2.13. The lowest BCUT2D eigenvalue weighted by Crippen LogP contribution is -2.29. The predicted molar refractivity (Wildman–Crippen MR) is 101 cm³/mol. The van der Waals surface area contributed by atoms with Crippen LogP contribution in [-0.2, 0) is 9.59 Å². The lowest BCUT2D eigenvalue weighted by molar-refractivity contribution is -0.384. The van der Waals surface area contributed by atoms with Crippen molar-refractivity contribution in [3.05, 3.63) is 38.8 Å². The molecule has 8 nitrogen and oxygen atoms in total. The van der Waals surface area contributed by atoms with Gasteiger partial charge < -0.3 is 10.2 Å². The van der Waals surface area contributed by atoms with Crippen LogP contribution in [0.4, 0.5) is 5.69 Å². The van der Waals surface area contributed by atoms with Crippen molar-refractivity contribution in [2.75, 3.05) is 6.54 Å². The van der Waals surface area contributed by atoms with E-state index in [0.29, 0.717) is 30.1 Å². The second-order valence-corrected chi connectivity index (χ2v) is 7.21. The Bertz CT molecular complexity index is 793. The molecule has 138 valence electrons. The third kappa shape index (κ3) is 5.02. The number of carbonyl (C=O) groups excluding carboxylic acids is 1. The van der Waals surface area contributed by atoms with Crippen LogP contribution < -0.4 is 0 Å². The Balaban J connectivity index is 2.06. The molecule has 2 rings (SSSR count). The summed E-state index contributed by atoms with van der Waals surface area (Å²) in [6, 6.07) is 3.57. The number of aliphatic carboxylic acids is 1. The first-order valence-electron chi connectivity index (χ1n) is 7.74. The zero-order valence-corrected chi connectivity index (χ0v) is 15.2. The average Bonchev–Trinajstić information content (AvgIpc) is 2.83. The van der Waals surface area contributed by atoms with Crippen molar-refractivity contribution in [3.63, 3.8) is 0 Å². The van der Waals surface area contributed by atoms with Gasteiger partial charge in [0.1, 0.15) is 10.1 Å². The van der Waals surface area contributed by atoms with Gasteiger partial charge in [-0.15, -0.1) is 0 Å². The first kappa shape index (κ1) is 19.9. The number of unbranched alkanes of at least 4 members (excludes halogenated alkanes) is 2. The third-order valence-electron chi connectivity index (χ3n) is 3.65. The summed E-state index contributed by atoms with van der Waals surface area (Å²) >= 11 is 6.26. The van der Waals surface area contributed by atoms with E-state index in [-0.39, 0.29) is 34.2 Å². The van der Waals surface area contributed by atoms with Gasteiger partial charge >= 0.3 is 5.97 Å². The van der Waals surface area contributed by atoms with Gasteiger partial charge in [-0.3, -0.25) is 24.6 Å². The van der Waals surface area contributed by atoms with Gasteiger partial charge in [0.2, 0.25) is 0 Å². The summed E-state index contributed by atoms with van der Waals surface area (Å²) in [5.41, 5.74) is -0.0240. The van der Waals surface area contributed by atoms with Crippen LogP contribution in [0.5, 0.6) is 5.75 Å². The van der Waals surface area contributed by atoms with Gasteiger partial charge in [-0.2, -0.15) is 0 Å². The van der Waals surface area contributed by atoms with E-state index in [4.69, 9.17) is 17.3 Å². The van der Waals surface area contributed by atoms with Crippen molar-refractivity contribution in [3.8, 4) is 5.75 Å². The molecule has 1 amide bonds. The Hall–Kier alpha value is -2.46. The van der Waals surface area contributed by atoms with E-state index in [1.165, 1.54) is 29.2 Å². The topological polar surface area (TPSA) is 121 Å². The zero-order valence-electron chi connectivity index (χ0n) is 13.6. The molecule has 0 bridgehead atoms. The smallest absolute Gasteiger partial charge is 0.303 e. The molecule has 1 saturated heterocycles. The maximum absolute atomic E-state index is 12.5. The molecule has 0 radical (unpaired) electrons. The summed E-state index contributed by atoms with van der Waals surface area (Å²) in [6.45, 7) is 0.378. The van der Waals surface area contributed by atoms with Gasteiger partial charge in [0, 0.05) is 30.7 Å². The number of carbonyl (C=O) groups is 2. The quantitative estimate of drug-likeness (QED) is 0.226. The molecule has 0 spiro atoms. The Labute approximate surface area is 158 Å². The molecule has 0 aliphatic carbocycles. The van der Waals surface area contributed by atoms with E-state index in [1.807, 2.05) is 0 Å². The monoisotopic (exact) mass is 396 g/mol. The second-order valence-electron chi connectivity index (χ2n) is 5.54. The fraction of sp³-hybridized carbons (Fsp3) is 0.312. The summed E-state index contributed by atoms with van der Waals surface area (Å²) in [4.78, 5) is 34.9. The van der Waals surface area contributed by atoms with Gasteiger partial charge in [-0.25, -0.2) is 0 Å². The zero-order chi connectivity index (χ0) is 19.3. The highest BCUT2D eigenvalue weighted by Crippen LogP contribution is 2.35. The molecule has 1 heterocycles. The number of benzene rings is 1. The first-order valence-corrected chi connectivity index (χ1v) is 8.96. The molecule has 1 aromatic rings. The SMILES string of the molecule is O=C(O)CCCCCN1C(=O)/C(=C\c2cc([N+](=O)[O-])ccc2O)SC1=S. The largest absolute Gasteiger partial charge is 0.507 e. The summed E-state index contributed by atoms with van der Waals surface area (Å²) in [5, 5.41) is 29.3. The van der Waals surface area contributed by atoms with E-state index in [0.717, 1.165) is 11.8 Å². The number of phenols is 1. The van der Waals surface area contributed by atoms with Gasteiger partial charge in [-0.1, -0.05) is 30.4 Å². The number of thiocarbonyl (C=S) groups is 1. The number of amides is 1. The molecule has 0 atom stereocenters. The molecule has 0 unspecified atom stereocenters. The number of aromatic hydroxyl groups is 1. The van der Waals surface area contributed by atoms with E-state index >= 15 is 0 Å². The highest BCUT2D eigenvalue weighted by atomic mass is 32.2. The molecule has 10 heteroatoms. The van der Waals surface area contributed by atoms with Crippen LogP contribution in [0.25, 0.3) is 6.08 Å². The standard InChI is InChI=1S/C16H16N2O6S2/c19-12-6-5-11(18(23)24)8-10(12)9-13-15(22)17(16(25)26-13)7-3-1-2-4-14(20)21/h5-6,8-9,19H,1-4,7H2,(H,20,21)/b13-9+. The van der Waals surface area contributed by atoms with Crippen LogP contribution in [0.1, 0.15) is 31.2 Å². The van der Waals surface area contributed by atoms with Crippen LogP contribution in [0.3, 0.4) is 0 Å². The van der Waals surface area contributed by atoms with Crippen molar-refractivity contribution >= 4 is 51.9 Å². The number of hydrogen-bond donors (Lipinski definition) is 2. The lowest BCUT2D eigenvalue weighted by atomic mass is 10.1. The molecule has 1 fully saturated rings. The van der Waals surface area contributed by atoms with Crippen molar-refractivity contribution in [1.29, 1.82) is 0 Å². The number of phenolic OH excluding ortho intramolecular Hbond substituents is 1. The molecular weight excluding hydrogens is 380 g/mol. The normalized spacial score (nSPS) is 15.7. The average molecular weight is 396 g/mol. The number of nitrogens with zero attached hydrogens (tertiary/aromatic N) is 2. The first-order chi connectivity index (χ1) is 12.3. The van der Waals surface area contributed by atoms with Crippen LogP contribution in [0.2, 0.25) is 0 Å². The number of rotatable bonds is 8. The molecule has 26 heavy (non-hydrogen) atoms. The minimum absolute atomic E-state index is 0.0877. The van der Waals surface area contributed by atoms with Crippen LogP contribution in [0.15, 0.2) is 23.1 Å². The number of carboxylic acid groups (broad SMARTS) is 1. The van der Waals surface area contributed by atoms with E-state index in [2.05, 4.69) is 0 Å². The predicted octanol–water partition coefficient (Wildman–Crippen LogP) is 3.15. The van der Waals surface area contributed by atoms with Gasteiger partial charge in [0.15, 0.2) is 0 Å². The Kier molecular flexibility index (Phi) is 6.70. The molecule has 1 aliphatic rings. The minimum Gasteiger partial charge on any atom is -0.507 e. The Morgan fingerprint density at radius 3 is 2.73 bits per heavy atom. The maximum Gasteiger partial charge on any atom is 0.303 e. The Morgan fingerprint density at radius 2 is 2.08 bits per heavy atom. The van der Waals surface area contributed by atoms with Gasteiger partial charge in [0.25, 0.3) is 11.6 Å². The molecular formula is C16H16N2O6S2. The third-order valence-corrected chi connectivity index (χ3v) is 5.03. The van der Waals surface area contributed by atoms with Crippen LogP contribution in [-0.4, -0.2) is 42.8 Å². The molecule has 0 aromatic heterocycles. The maximum atomic E-state index is 12.5. The van der Waals surface area contributed by atoms with Crippen LogP contribution >= 0.6 is 24.0 Å². The summed E-state index contributed by atoms with van der Waals surface area (Å²) in [7, 11) is 0. The number of carboxylic acids is 1. The number of thioether (sulfide) groups is 1. The summed E-state index contributed by atoms with van der Waals surface area (Å²) < 4.78 is 0.365. The highest BCUT2D eigenvalue weighted by molar-refractivity contribution is 8.26. The van der Waals surface area contributed by atoms with E-state index in [9.17, 15) is 24.8 Å². The number of non-ortho nitro benzene ring substituents is 1. The van der Waals surface area contributed by atoms with E-state index in [1.54, 1.807) is 0 Å². The van der Waals surface area contributed by atoms with Crippen molar-refractivity contribution in [1.82, 2.24) is 4.90 Å². The van der Waals surface area contributed by atoms with Crippen molar-refractivity contribution < 1.29 is 24.7 Å². The molecule has 2 N–H and O–H groups in total. The Morgan fingerprint density at radius 1 is 1.35 bits per heavy atom. The van der Waals surface area contributed by atoms with E-state index < -0.39 is 10.9 Å². The molecule has 1 aromatic carbocycles. The summed E-state index contributed by atoms with van der Waals surface area (Å²) in [5.74, 6) is -1.35. The van der Waals surface area contributed by atoms with Gasteiger partial charge in [0.05, 0.1) is 9.83 Å². The summed E-state index contributed by atoms with van der Waals surface area (Å²) in [6.07, 6.45) is 3.28. The number of hydrogen-bond acceptors (Lipinski definition) is 7. The van der Waals surface area contributed by atoms with Crippen molar-refractivity contribution in [2.24, 2.45) is 0 Å².